The van der Waals surface area contributed by atoms with Crippen LogP contribution in [0.3, 0.4) is 0 Å². The molecule has 0 aromatic heterocycles. The van der Waals surface area contributed by atoms with Gasteiger partial charge in [-0.1, -0.05) is 42.5 Å². The molecule has 1 aliphatic heterocycles. The second-order valence-corrected chi connectivity index (χ2v) is 8.81. The lowest BCUT2D eigenvalue weighted by Gasteiger charge is -2.31. The van der Waals surface area contributed by atoms with Crippen LogP contribution in [0, 0.1) is 0 Å². The first-order valence-corrected chi connectivity index (χ1v) is 10.7. The van der Waals surface area contributed by atoms with Crippen molar-refractivity contribution in [3.63, 3.8) is 0 Å². The molecule has 1 fully saturated rings. The summed E-state index contributed by atoms with van der Waals surface area (Å²) in [5.74, 6) is -0.345. The van der Waals surface area contributed by atoms with E-state index in [1.54, 1.807) is 6.07 Å². The van der Waals surface area contributed by atoms with Gasteiger partial charge in [0.25, 0.3) is 5.91 Å². The summed E-state index contributed by atoms with van der Waals surface area (Å²) in [5.41, 5.74) is 2.51. The van der Waals surface area contributed by atoms with Gasteiger partial charge in [0.1, 0.15) is 0 Å². The fourth-order valence-electron chi connectivity index (χ4n) is 3.06. The van der Waals surface area contributed by atoms with Gasteiger partial charge in [0, 0.05) is 38.3 Å². The van der Waals surface area contributed by atoms with Crippen LogP contribution in [0.5, 0.6) is 0 Å². The van der Waals surface area contributed by atoms with Crippen LogP contribution in [0.2, 0.25) is 0 Å². The molecule has 144 valence electrons. The van der Waals surface area contributed by atoms with Crippen molar-refractivity contribution in [2.24, 2.45) is 0 Å². The van der Waals surface area contributed by atoms with E-state index in [2.05, 4.69) is 10.2 Å². The van der Waals surface area contributed by atoms with E-state index >= 15 is 0 Å². The quantitative estimate of drug-likeness (QED) is 0.819. The topological polar surface area (TPSA) is 69.7 Å². The lowest BCUT2D eigenvalue weighted by Crippen LogP contribution is -2.48. The Morgan fingerprint density at radius 2 is 1.63 bits per heavy atom. The zero-order valence-corrected chi connectivity index (χ0v) is 16.3. The minimum Gasteiger partial charge on any atom is -0.351 e. The molecule has 0 unspecified atom stereocenters. The predicted molar refractivity (Wildman–Crippen MR) is 107 cm³/mol. The molecule has 6 nitrogen and oxygen atoms in total. The standard InChI is InChI=1S/C20H25N3O3S/c1-22-11-13-23(14-12-22)27(25,26)15-10-21-20(24)19-9-5-8-18(16-19)17-6-3-2-4-7-17/h2-9,16H,10-15H2,1H3,(H,21,24). The van der Waals surface area contributed by atoms with Gasteiger partial charge in [-0.15, -0.1) is 0 Å². The maximum atomic E-state index is 12.4. The maximum Gasteiger partial charge on any atom is 0.251 e. The highest BCUT2D eigenvalue weighted by molar-refractivity contribution is 7.89. The third-order valence-electron chi connectivity index (χ3n) is 4.73. The number of nitrogens with one attached hydrogen (secondary N) is 1. The molecule has 0 saturated carbocycles. The van der Waals surface area contributed by atoms with Crippen molar-refractivity contribution in [1.82, 2.24) is 14.5 Å². The number of rotatable bonds is 6. The van der Waals surface area contributed by atoms with Crippen molar-refractivity contribution in [1.29, 1.82) is 0 Å². The van der Waals surface area contributed by atoms with Gasteiger partial charge >= 0.3 is 0 Å². The number of piperazine rings is 1. The summed E-state index contributed by atoms with van der Waals surface area (Å²) in [4.78, 5) is 14.5. The number of benzene rings is 2. The Labute approximate surface area is 160 Å². The zero-order valence-electron chi connectivity index (χ0n) is 15.5. The number of likely N-dealkylation sites (N-methyl/N-ethyl adjacent to an activating group) is 1. The van der Waals surface area contributed by atoms with E-state index in [0.717, 1.165) is 24.2 Å². The van der Waals surface area contributed by atoms with Gasteiger partial charge in [-0.25, -0.2) is 8.42 Å². The summed E-state index contributed by atoms with van der Waals surface area (Å²) in [5, 5.41) is 2.73. The van der Waals surface area contributed by atoms with Crippen LogP contribution in [0.25, 0.3) is 11.1 Å². The van der Waals surface area contributed by atoms with Gasteiger partial charge in [-0.05, 0) is 30.3 Å². The highest BCUT2D eigenvalue weighted by atomic mass is 32.2. The summed E-state index contributed by atoms with van der Waals surface area (Å²) in [6.07, 6.45) is 0. The third kappa shape index (κ3) is 5.15. The van der Waals surface area contributed by atoms with Crippen molar-refractivity contribution in [2.75, 3.05) is 45.5 Å². The van der Waals surface area contributed by atoms with E-state index in [-0.39, 0.29) is 18.2 Å². The average Bonchev–Trinajstić information content (AvgIpc) is 2.69. The molecule has 1 aliphatic rings. The summed E-state index contributed by atoms with van der Waals surface area (Å²) < 4.78 is 26.3. The minimum absolute atomic E-state index is 0.0825. The lowest BCUT2D eigenvalue weighted by molar-refractivity contribution is 0.0956. The van der Waals surface area contributed by atoms with Crippen LogP contribution in [-0.4, -0.2) is 69.1 Å². The Hall–Kier alpha value is -2.22. The molecule has 1 heterocycles. The predicted octanol–water partition coefficient (Wildman–Crippen LogP) is 1.66. The Morgan fingerprint density at radius 1 is 0.963 bits per heavy atom. The molecule has 1 amide bonds. The number of carbonyl (C=O) groups is 1. The van der Waals surface area contributed by atoms with Crippen LogP contribution in [0.1, 0.15) is 10.4 Å². The van der Waals surface area contributed by atoms with Gasteiger partial charge in [0.15, 0.2) is 0 Å². The molecule has 2 aromatic carbocycles. The first kappa shape index (κ1) is 19.5. The molecule has 1 N–H and O–H groups in total. The summed E-state index contributed by atoms with van der Waals surface area (Å²) in [6.45, 7) is 2.58. The third-order valence-corrected chi connectivity index (χ3v) is 6.61. The largest absolute Gasteiger partial charge is 0.351 e. The van der Waals surface area contributed by atoms with E-state index in [0.29, 0.717) is 18.7 Å². The molecular weight excluding hydrogens is 362 g/mol. The normalized spacial score (nSPS) is 16.2. The van der Waals surface area contributed by atoms with Crippen molar-refractivity contribution in [2.45, 2.75) is 0 Å². The molecule has 0 bridgehead atoms. The first-order chi connectivity index (χ1) is 13.0. The van der Waals surface area contributed by atoms with E-state index in [1.807, 2.05) is 55.6 Å². The highest BCUT2D eigenvalue weighted by Crippen LogP contribution is 2.19. The van der Waals surface area contributed by atoms with E-state index in [4.69, 9.17) is 0 Å². The summed E-state index contributed by atoms with van der Waals surface area (Å²) in [6, 6.07) is 17.1. The molecule has 0 atom stereocenters. The Bertz CT molecular complexity index is 876. The Morgan fingerprint density at radius 3 is 2.33 bits per heavy atom. The molecule has 0 spiro atoms. The fourth-order valence-corrected chi connectivity index (χ4v) is 4.40. The maximum absolute atomic E-state index is 12.4. The van der Waals surface area contributed by atoms with Gasteiger partial charge in [0.2, 0.25) is 10.0 Å². The molecular formula is C20H25N3O3S. The van der Waals surface area contributed by atoms with Gasteiger partial charge in [0.05, 0.1) is 5.75 Å². The summed E-state index contributed by atoms with van der Waals surface area (Å²) >= 11 is 0. The van der Waals surface area contributed by atoms with Crippen molar-refractivity contribution in [3.8, 4) is 11.1 Å². The number of carbonyl (C=O) groups excluding carboxylic acids is 1. The minimum atomic E-state index is -3.34. The number of hydrogen-bond donors (Lipinski definition) is 1. The molecule has 27 heavy (non-hydrogen) atoms. The molecule has 7 heteroatoms. The smallest absolute Gasteiger partial charge is 0.251 e. The van der Waals surface area contributed by atoms with Gasteiger partial charge in [-0.2, -0.15) is 4.31 Å². The van der Waals surface area contributed by atoms with Crippen LogP contribution in [0.15, 0.2) is 54.6 Å². The second kappa shape index (κ2) is 8.65. The van der Waals surface area contributed by atoms with Gasteiger partial charge in [-0.3, -0.25) is 4.79 Å². The molecule has 1 saturated heterocycles. The molecule has 2 aromatic rings. The van der Waals surface area contributed by atoms with Crippen molar-refractivity contribution >= 4 is 15.9 Å². The fraction of sp³-hybridized carbons (Fsp3) is 0.350. The first-order valence-electron chi connectivity index (χ1n) is 9.06. The number of nitrogens with zero attached hydrogens (tertiary/aromatic N) is 2. The Balaban J connectivity index is 1.57. The number of hydrogen-bond acceptors (Lipinski definition) is 4. The second-order valence-electron chi connectivity index (χ2n) is 6.72. The SMILES string of the molecule is CN1CCN(S(=O)(=O)CCNC(=O)c2cccc(-c3ccccc3)c2)CC1. The number of sulfonamides is 1. The van der Waals surface area contributed by atoms with E-state index in [9.17, 15) is 13.2 Å². The van der Waals surface area contributed by atoms with Crippen molar-refractivity contribution in [3.05, 3.63) is 60.2 Å². The molecule has 3 rings (SSSR count). The number of amides is 1. The highest BCUT2D eigenvalue weighted by Gasteiger charge is 2.25. The zero-order chi connectivity index (χ0) is 19.3. The monoisotopic (exact) mass is 387 g/mol. The molecule has 0 aliphatic carbocycles. The lowest BCUT2D eigenvalue weighted by atomic mass is 10.0. The summed E-state index contributed by atoms with van der Waals surface area (Å²) in [7, 11) is -1.36. The molecule has 0 radical (unpaired) electrons. The van der Waals surface area contributed by atoms with Crippen LogP contribution in [-0.2, 0) is 10.0 Å². The average molecular weight is 388 g/mol. The van der Waals surface area contributed by atoms with Crippen LogP contribution >= 0.6 is 0 Å². The van der Waals surface area contributed by atoms with Crippen molar-refractivity contribution < 1.29 is 13.2 Å². The van der Waals surface area contributed by atoms with Gasteiger partial charge < -0.3 is 10.2 Å². The Kier molecular flexibility index (Phi) is 6.26. The van der Waals surface area contributed by atoms with E-state index in [1.165, 1.54) is 4.31 Å². The van der Waals surface area contributed by atoms with E-state index < -0.39 is 10.0 Å². The van der Waals surface area contributed by atoms with Crippen LogP contribution in [0.4, 0.5) is 0 Å². The van der Waals surface area contributed by atoms with Crippen LogP contribution < -0.4 is 5.32 Å².